The van der Waals surface area contributed by atoms with Gasteiger partial charge in [-0.15, -0.1) is 0 Å². The summed E-state index contributed by atoms with van der Waals surface area (Å²) in [6.45, 7) is 5.03. The van der Waals surface area contributed by atoms with Crippen LogP contribution in [0.5, 0.6) is 11.5 Å². The Morgan fingerprint density at radius 2 is 1.83 bits per heavy atom. The molecule has 4 aliphatic rings. The number of amides is 1. The third kappa shape index (κ3) is 4.33. The number of allylic oxidation sites excluding steroid dienone is 2. The molecule has 3 aliphatic heterocycles. The van der Waals surface area contributed by atoms with Crippen molar-refractivity contribution in [1.82, 2.24) is 15.1 Å². The number of benzene rings is 1. The summed E-state index contributed by atoms with van der Waals surface area (Å²) in [4.78, 5) is 43.9. The van der Waals surface area contributed by atoms with Gasteiger partial charge in [-0.3, -0.25) is 24.2 Å². The highest BCUT2D eigenvalue weighted by Crippen LogP contribution is 2.54. The Bertz CT molecular complexity index is 1420. The van der Waals surface area contributed by atoms with E-state index in [2.05, 4.69) is 22.4 Å². The van der Waals surface area contributed by atoms with Crippen molar-refractivity contribution in [3.63, 3.8) is 0 Å². The van der Waals surface area contributed by atoms with Gasteiger partial charge in [0.2, 0.25) is 11.7 Å². The van der Waals surface area contributed by atoms with Crippen LogP contribution in [0.25, 0.3) is 0 Å². The van der Waals surface area contributed by atoms with Gasteiger partial charge in [-0.2, -0.15) is 5.26 Å². The maximum Gasteiger partial charge on any atom is 0.226 e. The minimum absolute atomic E-state index is 0.00339. The van der Waals surface area contributed by atoms with Crippen LogP contribution >= 0.6 is 0 Å². The lowest BCUT2D eigenvalue weighted by Gasteiger charge is -2.60. The number of aryl methyl sites for hydroxylation is 1. The summed E-state index contributed by atoms with van der Waals surface area (Å²) in [5.41, 5.74) is 3.82. The SMILES string of the molecule is COCOc1c(OC)c(C)cc2c1[C@@H]1C3CC4=C(C(=O)C(OC)=C(C)C4=O)C(CNC(C)=O)N3[C@@H](C#N)[C@H](C2)N1C. The van der Waals surface area contributed by atoms with E-state index < -0.39 is 12.1 Å². The number of ketones is 2. The van der Waals surface area contributed by atoms with Gasteiger partial charge in [0.05, 0.1) is 32.4 Å². The Morgan fingerprint density at radius 3 is 2.44 bits per heavy atom. The summed E-state index contributed by atoms with van der Waals surface area (Å²) >= 11 is 0. The summed E-state index contributed by atoms with van der Waals surface area (Å²) in [6, 6.07) is 2.37. The van der Waals surface area contributed by atoms with Crippen LogP contribution in [0.15, 0.2) is 28.5 Å². The number of carbonyl (C=O) groups excluding carboxylic acids is 3. The van der Waals surface area contributed by atoms with E-state index in [1.807, 2.05) is 18.9 Å². The van der Waals surface area contributed by atoms with Gasteiger partial charge in [-0.1, -0.05) is 6.07 Å². The maximum absolute atomic E-state index is 13.8. The number of piperazine rings is 1. The van der Waals surface area contributed by atoms with Crippen molar-refractivity contribution in [3.05, 3.63) is 45.2 Å². The summed E-state index contributed by atoms with van der Waals surface area (Å²) in [5, 5.41) is 13.4. The number of hydrogen-bond donors (Lipinski definition) is 1. The van der Waals surface area contributed by atoms with Crippen LogP contribution in [0.3, 0.4) is 0 Å². The Kier molecular flexibility index (Phi) is 7.68. The fraction of sp³-hybridized carbons (Fsp3) is 0.533. The number of fused-ring (bicyclic) bond motifs is 6. The second kappa shape index (κ2) is 10.9. The fourth-order valence-electron chi connectivity index (χ4n) is 7.29. The van der Waals surface area contributed by atoms with Crippen LogP contribution in [0.2, 0.25) is 0 Å². The van der Waals surface area contributed by atoms with Crippen LogP contribution in [0.4, 0.5) is 0 Å². The highest BCUT2D eigenvalue weighted by molar-refractivity contribution is 6.25. The molecule has 11 nitrogen and oxygen atoms in total. The summed E-state index contributed by atoms with van der Waals surface area (Å²) in [5.74, 6) is 0.262. The molecule has 1 N–H and O–H groups in total. The molecule has 1 fully saturated rings. The van der Waals surface area contributed by atoms with Crippen LogP contribution in [-0.4, -0.2) is 93.2 Å². The molecule has 1 saturated heterocycles. The average Bonchev–Trinajstić information content (AvgIpc) is 2.93. The quantitative estimate of drug-likeness (QED) is 0.386. The number of carbonyl (C=O) groups is 3. The van der Waals surface area contributed by atoms with E-state index in [9.17, 15) is 19.6 Å². The smallest absolute Gasteiger partial charge is 0.226 e. The van der Waals surface area contributed by atoms with Crippen LogP contribution < -0.4 is 14.8 Å². The number of methoxy groups -OCH3 is 3. The van der Waals surface area contributed by atoms with E-state index in [4.69, 9.17) is 18.9 Å². The van der Waals surface area contributed by atoms with Crippen molar-refractivity contribution in [3.8, 4) is 17.6 Å². The molecule has 2 unspecified atom stereocenters. The molecular weight excluding hydrogens is 528 g/mol. The normalized spacial score (nSPS) is 27.5. The van der Waals surface area contributed by atoms with E-state index in [0.29, 0.717) is 29.1 Å². The lowest BCUT2D eigenvalue weighted by atomic mass is 9.69. The zero-order chi connectivity index (χ0) is 29.7. The molecule has 41 heavy (non-hydrogen) atoms. The van der Waals surface area contributed by atoms with Gasteiger partial charge in [0.15, 0.2) is 29.8 Å². The first kappa shape index (κ1) is 28.8. The Labute approximate surface area is 239 Å². The predicted molar refractivity (Wildman–Crippen MR) is 147 cm³/mol. The lowest BCUT2D eigenvalue weighted by molar-refractivity contribution is -0.124. The molecule has 3 heterocycles. The minimum Gasteiger partial charge on any atom is -0.493 e. The van der Waals surface area contributed by atoms with Crippen molar-refractivity contribution >= 4 is 17.5 Å². The minimum atomic E-state index is -0.706. The molecule has 0 saturated carbocycles. The maximum atomic E-state index is 13.8. The zero-order valence-corrected chi connectivity index (χ0v) is 24.5. The molecule has 1 aliphatic carbocycles. The first-order valence-electron chi connectivity index (χ1n) is 13.6. The van der Waals surface area contributed by atoms with Gasteiger partial charge >= 0.3 is 0 Å². The van der Waals surface area contributed by atoms with Crippen LogP contribution in [0.1, 0.15) is 43.0 Å². The van der Waals surface area contributed by atoms with Crippen molar-refractivity contribution in [2.24, 2.45) is 0 Å². The van der Waals surface area contributed by atoms with E-state index in [0.717, 1.165) is 16.7 Å². The van der Waals surface area contributed by atoms with Crippen LogP contribution in [-0.2, 0) is 30.3 Å². The highest BCUT2D eigenvalue weighted by Gasteiger charge is 2.58. The first-order chi connectivity index (χ1) is 19.6. The third-order valence-corrected chi connectivity index (χ3v) is 8.91. The molecule has 1 aromatic carbocycles. The monoisotopic (exact) mass is 564 g/mol. The second-order valence-electron chi connectivity index (χ2n) is 11.0. The number of hydrogen-bond acceptors (Lipinski definition) is 10. The number of nitrogens with zero attached hydrogens (tertiary/aromatic N) is 3. The molecule has 218 valence electrons. The van der Waals surface area contributed by atoms with Crippen molar-refractivity contribution in [2.75, 3.05) is 41.7 Å². The van der Waals surface area contributed by atoms with Gasteiger partial charge in [-0.25, -0.2) is 0 Å². The number of nitriles is 1. The average molecular weight is 565 g/mol. The third-order valence-electron chi connectivity index (χ3n) is 8.91. The molecule has 5 rings (SSSR count). The standard InChI is InChI=1S/C30H36N4O7/c1-14-8-17-9-19-21(11-31)34-20(25(33(19)4)23(17)30(28(14)39-6)41-13-38-5)10-18-24(22(34)12-32-16(3)35)27(37)29(40-7)15(2)26(18)36/h8,19-22,25H,9-10,12-13H2,1-7H3,(H,32,35)/t19-,20?,21-,22?,25-/m0/s1. The summed E-state index contributed by atoms with van der Waals surface area (Å²) in [7, 11) is 6.50. The van der Waals surface area contributed by atoms with Crippen LogP contribution in [0, 0.1) is 18.3 Å². The van der Waals surface area contributed by atoms with E-state index >= 15 is 0 Å². The van der Waals surface area contributed by atoms with E-state index in [1.165, 1.54) is 14.0 Å². The lowest BCUT2D eigenvalue weighted by Crippen LogP contribution is -2.71. The fourth-order valence-corrected chi connectivity index (χ4v) is 7.29. The van der Waals surface area contributed by atoms with Gasteiger partial charge in [0.25, 0.3) is 0 Å². The van der Waals surface area contributed by atoms with Crippen molar-refractivity contribution < 1.29 is 33.3 Å². The summed E-state index contributed by atoms with van der Waals surface area (Å²) < 4.78 is 22.6. The van der Waals surface area contributed by atoms with Crippen molar-refractivity contribution in [1.29, 1.82) is 5.26 Å². The number of Topliss-reactive ketones (excluding diaryl/α,β-unsaturated/α-hetero) is 2. The summed E-state index contributed by atoms with van der Waals surface area (Å²) in [6.07, 6.45) is 0.802. The van der Waals surface area contributed by atoms with E-state index in [-0.39, 0.29) is 66.7 Å². The molecule has 0 aromatic heterocycles. The van der Waals surface area contributed by atoms with E-state index in [1.54, 1.807) is 21.1 Å². The molecule has 0 spiro atoms. The second-order valence-corrected chi connectivity index (χ2v) is 11.0. The number of rotatable bonds is 7. The molecular formula is C30H36N4O7. The van der Waals surface area contributed by atoms with Gasteiger partial charge < -0.3 is 24.3 Å². The van der Waals surface area contributed by atoms with Gasteiger partial charge in [0.1, 0.15) is 6.04 Å². The largest absolute Gasteiger partial charge is 0.493 e. The predicted octanol–water partition coefficient (Wildman–Crippen LogP) is 1.74. The van der Waals surface area contributed by atoms with Crippen molar-refractivity contribution in [2.45, 2.75) is 63.8 Å². The topological polar surface area (TPSA) is 130 Å². The van der Waals surface area contributed by atoms with Gasteiger partial charge in [0, 0.05) is 54.9 Å². The molecule has 1 aromatic rings. The highest BCUT2D eigenvalue weighted by atomic mass is 16.7. The molecule has 2 bridgehead atoms. The van der Waals surface area contributed by atoms with Gasteiger partial charge in [-0.05, 0) is 44.9 Å². The Morgan fingerprint density at radius 1 is 1.10 bits per heavy atom. The first-order valence-corrected chi connectivity index (χ1v) is 13.6. The Balaban J connectivity index is 1.75. The number of likely N-dealkylation sites (N-methyl/N-ethyl adjacent to an activating group) is 1. The number of nitrogens with one attached hydrogen (secondary N) is 1. The number of ether oxygens (including phenoxy) is 4. The molecule has 11 heteroatoms. The molecule has 1 amide bonds. The molecule has 0 radical (unpaired) electrons. The molecule has 5 atom stereocenters. The Hall–Kier alpha value is -3.72. The zero-order valence-electron chi connectivity index (χ0n) is 24.5.